The molecular formula is C24H20N2O4S2. The average Bonchev–Trinajstić information content (AvgIpc) is 3.47. The molecule has 0 unspecified atom stereocenters. The van der Waals surface area contributed by atoms with Gasteiger partial charge in [-0.2, -0.15) is 0 Å². The van der Waals surface area contributed by atoms with E-state index in [0.29, 0.717) is 32.8 Å². The summed E-state index contributed by atoms with van der Waals surface area (Å²) in [6.07, 6.45) is 0. The molecule has 32 heavy (non-hydrogen) atoms. The Morgan fingerprint density at radius 1 is 0.719 bits per heavy atom. The van der Waals surface area contributed by atoms with Gasteiger partial charge >= 0.3 is 0 Å². The first-order valence-corrected chi connectivity index (χ1v) is 11.5. The zero-order valence-electron chi connectivity index (χ0n) is 17.7. The molecule has 5 rings (SSSR count). The molecule has 0 atom stereocenters. The molecule has 0 aliphatic carbocycles. The highest BCUT2D eigenvalue weighted by molar-refractivity contribution is 7.20. The minimum absolute atomic E-state index is 0.447. The molecule has 0 bridgehead atoms. The maximum Gasteiger partial charge on any atom is 0.203 e. The molecule has 5 aromatic rings. The summed E-state index contributed by atoms with van der Waals surface area (Å²) in [7, 11) is 4.65. The van der Waals surface area contributed by atoms with Gasteiger partial charge in [0.2, 0.25) is 5.75 Å². The molecule has 0 amide bonds. The molecule has 0 spiro atoms. The molecule has 0 aliphatic rings. The molecule has 6 nitrogen and oxygen atoms in total. The standard InChI is InChI=1S/C24H20N2O4S2/c1-28-17-12-14(13-18(29-2)21(17)30-3)24(27,22-25-15-8-4-6-10-19(15)31-22)23-26-16-9-5-7-11-20(16)32-23/h4-13,27H,1-3H3. The van der Waals surface area contributed by atoms with E-state index >= 15 is 0 Å². The number of nitrogens with zero attached hydrogens (tertiary/aromatic N) is 2. The fraction of sp³-hybridized carbons (Fsp3) is 0.167. The minimum atomic E-state index is -1.61. The maximum absolute atomic E-state index is 12.4. The Labute approximate surface area is 192 Å². The number of benzene rings is 3. The van der Waals surface area contributed by atoms with Crippen molar-refractivity contribution in [3.63, 3.8) is 0 Å². The van der Waals surface area contributed by atoms with Crippen LogP contribution in [0.3, 0.4) is 0 Å². The van der Waals surface area contributed by atoms with Crippen molar-refractivity contribution in [3.8, 4) is 17.2 Å². The minimum Gasteiger partial charge on any atom is -0.493 e. The van der Waals surface area contributed by atoms with Crippen LogP contribution in [0.15, 0.2) is 60.7 Å². The molecule has 162 valence electrons. The summed E-state index contributed by atoms with van der Waals surface area (Å²) in [6.45, 7) is 0. The molecule has 1 N–H and O–H groups in total. The van der Waals surface area contributed by atoms with E-state index in [0.717, 1.165) is 20.4 Å². The van der Waals surface area contributed by atoms with Crippen LogP contribution in [0.4, 0.5) is 0 Å². The molecular weight excluding hydrogens is 444 g/mol. The summed E-state index contributed by atoms with van der Waals surface area (Å²) in [5.74, 6) is 1.35. The SMILES string of the molecule is COc1cc(C(O)(c2nc3ccccc3s2)c2nc3ccccc3s2)cc(OC)c1OC. The smallest absolute Gasteiger partial charge is 0.203 e. The van der Waals surface area contributed by atoms with Crippen molar-refractivity contribution in [3.05, 3.63) is 76.2 Å². The predicted molar refractivity (Wildman–Crippen MR) is 127 cm³/mol. The zero-order valence-corrected chi connectivity index (χ0v) is 19.3. The van der Waals surface area contributed by atoms with E-state index in [9.17, 15) is 5.11 Å². The molecule has 0 radical (unpaired) electrons. The van der Waals surface area contributed by atoms with Crippen LogP contribution >= 0.6 is 22.7 Å². The Hall–Kier alpha value is -3.20. The molecule has 8 heteroatoms. The normalized spacial score (nSPS) is 11.8. The van der Waals surface area contributed by atoms with Crippen molar-refractivity contribution in [2.45, 2.75) is 5.60 Å². The van der Waals surface area contributed by atoms with Crippen LogP contribution in [0.2, 0.25) is 0 Å². The molecule has 0 fully saturated rings. The lowest BCUT2D eigenvalue weighted by Crippen LogP contribution is -2.28. The lowest BCUT2D eigenvalue weighted by Gasteiger charge is -2.26. The Morgan fingerprint density at radius 3 is 1.59 bits per heavy atom. The van der Waals surface area contributed by atoms with Crippen molar-refractivity contribution in [1.82, 2.24) is 9.97 Å². The number of hydrogen-bond acceptors (Lipinski definition) is 8. The Balaban J connectivity index is 1.82. The van der Waals surface area contributed by atoms with E-state index in [1.807, 2.05) is 48.5 Å². The van der Waals surface area contributed by atoms with Gasteiger partial charge in [0, 0.05) is 5.56 Å². The van der Waals surface area contributed by atoms with Gasteiger partial charge in [-0.15, -0.1) is 22.7 Å². The van der Waals surface area contributed by atoms with E-state index in [1.165, 1.54) is 22.7 Å². The third-order valence-electron chi connectivity index (χ3n) is 5.29. The van der Waals surface area contributed by atoms with Crippen molar-refractivity contribution in [1.29, 1.82) is 0 Å². The maximum atomic E-state index is 12.4. The van der Waals surface area contributed by atoms with Crippen LogP contribution in [-0.2, 0) is 5.60 Å². The monoisotopic (exact) mass is 464 g/mol. The first-order chi connectivity index (χ1) is 15.6. The van der Waals surface area contributed by atoms with Gasteiger partial charge < -0.3 is 19.3 Å². The van der Waals surface area contributed by atoms with E-state index < -0.39 is 5.60 Å². The summed E-state index contributed by atoms with van der Waals surface area (Å²) in [5, 5.41) is 13.4. The summed E-state index contributed by atoms with van der Waals surface area (Å²) in [5.41, 5.74) is 0.560. The van der Waals surface area contributed by atoms with Crippen molar-refractivity contribution < 1.29 is 19.3 Å². The summed E-state index contributed by atoms with van der Waals surface area (Å²) in [6, 6.07) is 19.1. The predicted octanol–water partition coefficient (Wildman–Crippen LogP) is 5.22. The van der Waals surface area contributed by atoms with Crippen LogP contribution in [-0.4, -0.2) is 36.4 Å². The summed E-state index contributed by atoms with van der Waals surface area (Å²) >= 11 is 2.87. The first kappa shape index (κ1) is 20.7. The highest BCUT2D eigenvalue weighted by atomic mass is 32.1. The number of para-hydroxylation sites is 2. The Bertz CT molecular complexity index is 1260. The molecule has 0 saturated heterocycles. The fourth-order valence-corrected chi connectivity index (χ4v) is 5.91. The summed E-state index contributed by atoms with van der Waals surface area (Å²) in [4.78, 5) is 9.57. The first-order valence-electron chi connectivity index (χ1n) is 9.83. The average molecular weight is 465 g/mol. The molecule has 0 saturated carbocycles. The van der Waals surface area contributed by atoms with Gasteiger partial charge in [-0.05, 0) is 36.4 Å². The second-order valence-corrected chi connectivity index (χ2v) is 9.16. The number of ether oxygens (including phenoxy) is 3. The fourth-order valence-electron chi connectivity index (χ4n) is 3.68. The van der Waals surface area contributed by atoms with Crippen LogP contribution in [0.25, 0.3) is 20.4 Å². The lowest BCUT2D eigenvalue weighted by molar-refractivity contribution is 0.124. The lowest BCUT2D eigenvalue weighted by atomic mass is 9.94. The second kappa shape index (κ2) is 8.05. The van der Waals surface area contributed by atoms with Crippen LogP contribution < -0.4 is 14.2 Å². The second-order valence-electron chi connectivity index (χ2n) is 7.10. The van der Waals surface area contributed by atoms with Crippen LogP contribution in [0.1, 0.15) is 15.6 Å². The number of fused-ring (bicyclic) bond motifs is 2. The number of rotatable bonds is 6. The third-order valence-corrected chi connectivity index (χ3v) is 7.58. The number of hydrogen-bond donors (Lipinski definition) is 1. The van der Waals surface area contributed by atoms with E-state index in [-0.39, 0.29) is 0 Å². The highest BCUT2D eigenvalue weighted by Gasteiger charge is 2.42. The van der Waals surface area contributed by atoms with Crippen LogP contribution in [0, 0.1) is 0 Å². The van der Waals surface area contributed by atoms with Gasteiger partial charge in [0.25, 0.3) is 0 Å². The number of aromatic nitrogens is 2. The number of thiazole rings is 2. The van der Waals surface area contributed by atoms with E-state index in [2.05, 4.69) is 0 Å². The molecule has 2 heterocycles. The molecule has 0 aliphatic heterocycles. The summed E-state index contributed by atoms with van der Waals surface area (Å²) < 4.78 is 18.5. The van der Waals surface area contributed by atoms with Gasteiger partial charge in [-0.25, -0.2) is 9.97 Å². The van der Waals surface area contributed by atoms with Gasteiger partial charge in [0.1, 0.15) is 10.0 Å². The number of aliphatic hydroxyl groups is 1. The molecule has 3 aromatic carbocycles. The van der Waals surface area contributed by atoms with E-state index in [1.54, 1.807) is 33.5 Å². The number of methoxy groups -OCH3 is 3. The molecule has 2 aromatic heterocycles. The van der Waals surface area contributed by atoms with Gasteiger partial charge in [-0.1, -0.05) is 24.3 Å². The largest absolute Gasteiger partial charge is 0.493 e. The van der Waals surface area contributed by atoms with Gasteiger partial charge in [0.05, 0.1) is 41.8 Å². The topological polar surface area (TPSA) is 73.7 Å². The van der Waals surface area contributed by atoms with E-state index in [4.69, 9.17) is 24.2 Å². The van der Waals surface area contributed by atoms with Crippen molar-refractivity contribution >= 4 is 43.1 Å². The third kappa shape index (κ3) is 3.19. The highest BCUT2D eigenvalue weighted by Crippen LogP contribution is 2.47. The Kier molecular flexibility index (Phi) is 5.21. The van der Waals surface area contributed by atoms with Crippen molar-refractivity contribution in [2.75, 3.05) is 21.3 Å². The quantitative estimate of drug-likeness (QED) is 0.372. The Morgan fingerprint density at radius 2 is 1.19 bits per heavy atom. The van der Waals surface area contributed by atoms with Crippen molar-refractivity contribution in [2.24, 2.45) is 0 Å². The van der Waals surface area contributed by atoms with Gasteiger partial charge in [0.15, 0.2) is 17.1 Å². The van der Waals surface area contributed by atoms with Crippen LogP contribution in [0.5, 0.6) is 17.2 Å². The zero-order chi connectivity index (χ0) is 22.3. The van der Waals surface area contributed by atoms with Gasteiger partial charge in [-0.3, -0.25) is 0 Å².